The van der Waals surface area contributed by atoms with E-state index in [0.29, 0.717) is 36.3 Å². The largest absolute Gasteiger partial charge is 0.462 e. The summed E-state index contributed by atoms with van der Waals surface area (Å²) >= 11 is 0. The fraction of sp³-hybridized carbons (Fsp3) is 0.676. The zero-order chi connectivity index (χ0) is 30.9. The number of esters is 1. The van der Waals surface area contributed by atoms with Gasteiger partial charge in [0.15, 0.2) is 5.79 Å². The average molecular weight is 598 g/mol. The second kappa shape index (κ2) is 12.8. The van der Waals surface area contributed by atoms with Crippen molar-refractivity contribution in [2.75, 3.05) is 6.61 Å². The molecule has 2 bridgehead atoms. The number of fused-ring (bicyclic) bond motifs is 2. The van der Waals surface area contributed by atoms with Gasteiger partial charge in [0.25, 0.3) is 0 Å². The standard InChI is InChI=1S/C34H47NO8/c1-7-29-22(4)13-14-33(42-29)18-27-17-26(41-33)12-11-21(3)15-20(2)9-8-10-25-19-39-31-30(35-43-24(6)36)23(5)16-28(32(37)40-27)34(25,31)38/h8-11,16,20,22,26-29,31,38H,7,12-15,17-19H2,1-6H3/b9-8+,21-11+,25-10+,35-30-/t20-,22-,26+,27-,28-,29+,31+,33+,34+/m0/s1. The van der Waals surface area contributed by atoms with Gasteiger partial charge in [0, 0.05) is 26.2 Å². The molecule has 9 nitrogen and oxygen atoms in total. The molecule has 9 atom stereocenters. The summed E-state index contributed by atoms with van der Waals surface area (Å²) in [5.74, 6) is -2.30. The van der Waals surface area contributed by atoms with Gasteiger partial charge in [-0.15, -0.1) is 0 Å². The zero-order valence-corrected chi connectivity index (χ0v) is 26.3. The molecule has 5 aliphatic rings. The number of hydrogen-bond donors (Lipinski definition) is 1. The number of carbonyl (C=O) groups excluding carboxylic acids is 2. The van der Waals surface area contributed by atoms with Gasteiger partial charge in [0.2, 0.25) is 0 Å². The third-order valence-corrected chi connectivity index (χ3v) is 9.61. The number of aliphatic hydroxyl groups is 1. The Morgan fingerprint density at radius 3 is 2.74 bits per heavy atom. The summed E-state index contributed by atoms with van der Waals surface area (Å²) in [7, 11) is 0. The fourth-order valence-corrected chi connectivity index (χ4v) is 7.32. The van der Waals surface area contributed by atoms with Crippen LogP contribution in [0.15, 0.2) is 52.3 Å². The molecule has 0 radical (unpaired) electrons. The molecule has 1 aliphatic carbocycles. The Hall–Kier alpha value is -2.59. The number of hydrogen-bond acceptors (Lipinski definition) is 9. The lowest BCUT2D eigenvalue weighted by atomic mass is 9.71. The van der Waals surface area contributed by atoms with E-state index in [9.17, 15) is 14.7 Å². The van der Waals surface area contributed by atoms with E-state index >= 15 is 0 Å². The van der Waals surface area contributed by atoms with Crippen LogP contribution in [0.5, 0.6) is 0 Å². The van der Waals surface area contributed by atoms with Crippen molar-refractivity contribution in [1.29, 1.82) is 0 Å². The Kier molecular flexibility index (Phi) is 9.47. The predicted octanol–water partition coefficient (Wildman–Crippen LogP) is 5.48. The summed E-state index contributed by atoms with van der Waals surface area (Å²) in [6.07, 6.45) is 13.4. The molecule has 3 fully saturated rings. The van der Waals surface area contributed by atoms with Crippen molar-refractivity contribution in [3.05, 3.63) is 47.1 Å². The third kappa shape index (κ3) is 6.60. The van der Waals surface area contributed by atoms with Crippen LogP contribution in [0.25, 0.3) is 0 Å². The van der Waals surface area contributed by atoms with E-state index < -0.39 is 41.5 Å². The number of nitrogens with zero attached hydrogens (tertiary/aromatic N) is 1. The van der Waals surface area contributed by atoms with Crippen molar-refractivity contribution in [3.8, 4) is 0 Å². The van der Waals surface area contributed by atoms with Crippen molar-refractivity contribution < 1.29 is 38.5 Å². The minimum absolute atomic E-state index is 0.0790. The van der Waals surface area contributed by atoms with Crippen molar-refractivity contribution >= 4 is 17.7 Å². The van der Waals surface area contributed by atoms with Gasteiger partial charge in [0.05, 0.1) is 18.8 Å². The number of carbonyl (C=O) groups is 2. The topological polar surface area (TPSA) is 113 Å². The first-order valence-corrected chi connectivity index (χ1v) is 15.8. The molecule has 0 aromatic rings. The molecule has 236 valence electrons. The second-order valence-corrected chi connectivity index (χ2v) is 13.2. The van der Waals surface area contributed by atoms with Crippen LogP contribution in [0.1, 0.15) is 86.5 Å². The van der Waals surface area contributed by atoms with E-state index in [-0.39, 0.29) is 30.4 Å². The summed E-state index contributed by atoms with van der Waals surface area (Å²) in [4.78, 5) is 30.6. The van der Waals surface area contributed by atoms with Gasteiger partial charge in [-0.2, -0.15) is 0 Å². The van der Waals surface area contributed by atoms with E-state index in [4.69, 9.17) is 23.8 Å². The minimum Gasteiger partial charge on any atom is -0.462 e. The first-order chi connectivity index (χ1) is 20.4. The molecule has 0 amide bonds. The molecule has 5 rings (SSSR count). The maximum absolute atomic E-state index is 14.1. The fourth-order valence-electron chi connectivity index (χ4n) is 7.32. The van der Waals surface area contributed by atoms with Crippen LogP contribution in [-0.2, 0) is 33.4 Å². The summed E-state index contributed by atoms with van der Waals surface area (Å²) in [6.45, 7) is 11.7. The summed E-state index contributed by atoms with van der Waals surface area (Å²) in [5, 5.41) is 16.4. The first-order valence-electron chi connectivity index (χ1n) is 15.8. The van der Waals surface area contributed by atoms with Gasteiger partial charge in [-0.25, -0.2) is 4.79 Å². The monoisotopic (exact) mass is 597 g/mol. The van der Waals surface area contributed by atoms with E-state index in [1.807, 2.05) is 12.2 Å². The lowest BCUT2D eigenvalue weighted by Crippen LogP contribution is -2.57. The van der Waals surface area contributed by atoms with Crippen LogP contribution >= 0.6 is 0 Å². The van der Waals surface area contributed by atoms with Crippen LogP contribution in [0, 0.1) is 17.8 Å². The van der Waals surface area contributed by atoms with Crippen LogP contribution in [-0.4, -0.2) is 65.2 Å². The Morgan fingerprint density at radius 1 is 1.21 bits per heavy atom. The second-order valence-electron chi connectivity index (χ2n) is 13.2. The number of ether oxygens (including phenoxy) is 4. The third-order valence-electron chi connectivity index (χ3n) is 9.61. The summed E-state index contributed by atoms with van der Waals surface area (Å²) in [5.41, 5.74) is 0.898. The SMILES string of the molecule is CC[C@H]1O[C@]2(CC[C@@H]1C)C[C@@H]1C[C@@H](C/C=C(\C)C[C@@H](C)/C=C/C=C3\CO[C@@H]4/C(=N\OC(C)=O)C(C)=C[C@@H](C(=O)O1)[C@]34O)O2. The van der Waals surface area contributed by atoms with Gasteiger partial charge >= 0.3 is 11.9 Å². The lowest BCUT2D eigenvalue weighted by Gasteiger charge is -2.49. The first kappa shape index (κ1) is 31.8. The number of rotatable bonds is 2. The quantitative estimate of drug-likeness (QED) is 0.193. The van der Waals surface area contributed by atoms with Crippen molar-refractivity contribution in [2.24, 2.45) is 22.9 Å². The maximum Gasteiger partial charge on any atom is 0.331 e. The molecule has 4 heterocycles. The molecule has 0 aromatic carbocycles. The minimum atomic E-state index is -1.76. The highest BCUT2D eigenvalue weighted by Gasteiger charge is 2.59. The average Bonchev–Trinajstić information content (AvgIpc) is 3.28. The zero-order valence-electron chi connectivity index (χ0n) is 26.3. The van der Waals surface area contributed by atoms with E-state index in [0.717, 1.165) is 25.7 Å². The molecule has 1 spiro atoms. The van der Waals surface area contributed by atoms with Gasteiger partial charge in [-0.1, -0.05) is 61.9 Å². The van der Waals surface area contributed by atoms with Gasteiger partial charge < -0.3 is 28.9 Å². The molecule has 3 saturated heterocycles. The smallest absolute Gasteiger partial charge is 0.331 e. The van der Waals surface area contributed by atoms with Gasteiger partial charge in [-0.3, -0.25) is 4.79 Å². The van der Waals surface area contributed by atoms with E-state index in [1.54, 1.807) is 13.0 Å². The highest BCUT2D eigenvalue weighted by Crippen LogP contribution is 2.46. The Labute approximate surface area is 255 Å². The Balaban J connectivity index is 1.54. The van der Waals surface area contributed by atoms with Crippen LogP contribution < -0.4 is 0 Å². The molecular formula is C34H47NO8. The molecule has 0 unspecified atom stereocenters. The number of oxime groups is 1. The highest BCUT2D eigenvalue weighted by molar-refractivity contribution is 6.07. The van der Waals surface area contributed by atoms with Crippen molar-refractivity contribution in [2.45, 2.75) is 122 Å². The molecule has 43 heavy (non-hydrogen) atoms. The molecule has 9 heteroatoms. The van der Waals surface area contributed by atoms with Gasteiger partial charge in [0.1, 0.15) is 29.4 Å². The van der Waals surface area contributed by atoms with Crippen LogP contribution in [0.3, 0.4) is 0 Å². The normalized spacial score (nSPS) is 44.3. The maximum atomic E-state index is 14.1. The van der Waals surface area contributed by atoms with Crippen molar-refractivity contribution in [3.63, 3.8) is 0 Å². The van der Waals surface area contributed by atoms with E-state index in [1.165, 1.54) is 12.5 Å². The van der Waals surface area contributed by atoms with Crippen LogP contribution in [0.2, 0.25) is 0 Å². The predicted molar refractivity (Wildman–Crippen MR) is 161 cm³/mol. The van der Waals surface area contributed by atoms with Crippen molar-refractivity contribution in [1.82, 2.24) is 0 Å². The summed E-state index contributed by atoms with van der Waals surface area (Å²) in [6, 6.07) is 0. The Morgan fingerprint density at radius 2 is 2.00 bits per heavy atom. The highest BCUT2D eigenvalue weighted by atomic mass is 16.7. The molecule has 4 aliphatic heterocycles. The summed E-state index contributed by atoms with van der Waals surface area (Å²) < 4.78 is 25.7. The Bertz CT molecular complexity index is 1250. The molecular weight excluding hydrogens is 550 g/mol. The molecule has 0 aromatic heterocycles. The lowest BCUT2D eigenvalue weighted by molar-refractivity contribution is -0.335. The number of allylic oxidation sites excluding steroid dienone is 4. The molecule has 1 N–H and O–H groups in total. The van der Waals surface area contributed by atoms with Crippen LogP contribution in [0.4, 0.5) is 0 Å². The van der Waals surface area contributed by atoms with E-state index in [2.05, 4.69) is 45.0 Å². The molecule has 0 saturated carbocycles. The van der Waals surface area contributed by atoms with Gasteiger partial charge in [-0.05, 0) is 62.5 Å².